The third kappa shape index (κ3) is 2.03. The Labute approximate surface area is 120 Å². The predicted octanol–water partition coefficient (Wildman–Crippen LogP) is 1.07. The van der Waals surface area contributed by atoms with E-state index < -0.39 is 12.1 Å². The second kappa shape index (κ2) is 4.45. The minimum atomic E-state index is -0.440. The average molecular weight is 280 g/mol. The fourth-order valence-corrected chi connectivity index (χ4v) is 3.73. The first-order valence-electron chi connectivity index (χ1n) is 7.57. The molecule has 5 atom stereocenters. The summed E-state index contributed by atoms with van der Waals surface area (Å²) >= 11 is 0. The van der Waals surface area contributed by atoms with Gasteiger partial charge in [-0.25, -0.2) is 0 Å². The highest BCUT2D eigenvalue weighted by atomic mass is 16.5. The number of hydrogen-bond acceptors (Lipinski definition) is 3. The Morgan fingerprint density at radius 2 is 1.95 bits per heavy atom. The normalized spacial score (nSPS) is 41.2. The molecule has 2 bridgehead atoms. The molecule has 3 rings (SSSR count). The maximum Gasteiger partial charge on any atom is 0.246 e. The Bertz CT molecular complexity index is 443. The lowest BCUT2D eigenvalue weighted by molar-refractivity contribution is -0.155. The number of ether oxygens (including phenoxy) is 1. The molecule has 3 saturated heterocycles. The third-order valence-corrected chi connectivity index (χ3v) is 4.88. The molecule has 5 unspecified atom stereocenters. The highest BCUT2D eigenvalue weighted by Crippen LogP contribution is 2.39. The monoisotopic (exact) mass is 280 g/mol. The van der Waals surface area contributed by atoms with E-state index in [0.717, 1.165) is 19.3 Å². The zero-order valence-corrected chi connectivity index (χ0v) is 12.7. The van der Waals surface area contributed by atoms with Gasteiger partial charge in [-0.2, -0.15) is 0 Å². The van der Waals surface area contributed by atoms with Gasteiger partial charge in [-0.1, -0.05) is 20.8 Å². The van der Waals surface area contributed by atoms with Gasteiger partial charge in [-0.15, -0.1) is 0 Å². The van der Waals surface area contributed by atoms with Crippen molar-refractivity contribution in [3.8, 4) is 0 Å². The topological polar surface area (TPSA) is 58.6 Å². The molecule has 5 heteroatoms. The molecular formula is C15H24N2O3. The fourth-order valence-electron chi connectivity index (χ4n) is 3.73. The maximum absolute atomic E-state index is 12.8. The Kier molecular flexibility index (Phi) is 3.08. The summed E-state index contributed by atoms with van der Waals surface area (Å²) in [6, 6.07) is -0.758. The Morgan fingerprint density at radius 3 is 2.45 bits per heavy atom. The molecule has 2 amide bonds. The van der Waals surface area contributed by atoms with Crippen molar-refractivity contribution in [2.45, 2.75) is 77.3 Å². The van der Waals surface area contributed by atoms with Gasteiger partial charge in [0, 0.05) is 0 Å². The maximum atomic E-state index is 12.8. The summed E-state index contributed by atoms with van der Waals surface area (Å²) in [5.74, 6) is -0.00181. The summed E-state index contributed by atoms with van der Waals surface area (Å²) in [4.78, 5) is 26.9. The molecule has 3 aliphatic heterocycles. The summed E-state index contributed by atoms with van der Waals surface area (Å²) in [7, 11) is 0. The molecule has 0 aromatic heterocycles. The quantitative estimate of drug-likeness (QED) is 0.781. The van der Waals surface area contributed by atoms with Gasteiger partial charge < -0.3 is 15.0 Å². The van der Waals surface area contributed by atoms with Crippen molar-refractivity contribution >= 4 is 11.8 Å². The molecule has 0 aromatic carbocycles. The standard InChI is InChI=1S/C15H24N2O3/c1-8-13(18)16-12(15(2,3)4)14(19)17(8)10-7-9-5-6-11(10)20-9/h8-12H,5-7H2,1-4H3,(H,16,18). The zero-order valence-electron chi connectivity index (χ0n) is 12.7. The highest BCUT2D eigenvalue weighted by Gasteiger charge is 2.52. The molecule has 0 spiro atoms. The van der Waals surface area contributed by atoms with Crippen LogP contribution in [0.2, 0.25) is 0 Å². The van der Waals surface area contributed by atoms with E-state index in [2.05, 4.69) is 5.32 Å². The van der Waals surface area contributed by atoms with Crippen molar-refractivity contribution in [2.75, 3.05) is 0 Å². The van der Waals surface area contributed by atoms with Gasteiger partial charge in [0.2, 0.25) is 11.8 Å². The van der Waals surface area contributed by atoms with E-state index >= 15 is 0 Å². The van der Waals surface area contributed by atoms with E-state index in [1.54, 1.807) is 4.90 Å². The average Bonchev–Trinajstić information content (AvgIpc) is 2.95. The summed E-state index contributed by atoms with van der Waals surface area (Å²) in [6.07, 6.45) is 3.38. The molecule has 1 N–H and O–H groups in total. The van der Waals surface area contributed by atoms with Crippen LogP contribution in [0.4, 0.5) is 0 Å². The van der Waals surface area contributed by atoms with Gasteiger partial charge in [0.25, 0.3) is 0 Å². The molecule has 3 heterocycles. The summed E-state index contributed by atoms with van der Waals surface area (Å²) in [5, 5.41) is 2.88. The van der Waals surface area contributed by atoms with Crippen LogP contribution in [0.5, 0.6) is 0 Å². The lowest BCUT2D eigenvalue weighted by Crippen LogP contribution is -2.68. The lowest BCUT2D eigenvalue weighted by Gasteiger charge is -2.46. The van der Waals surface area contributed by atoms with Crippen LogP contribution in [-0.2, 0) is 14.3 Å². The smallest absolute Gasteiger partial charge is 0.246 e. The summed E-state index contributed by atoms with van der Waals surface area (Å²) in [5.41, 5.74) is -0.274. The summed E-state index contributed by atoms with van der Waals surface area (Å²) < 4.78 is 5.87. The van der Waals surface area contributed by atoms with Crippen LogP contribution in [0.3, 0.4) is 0 Å². The Morgan fingerprint density at radius 1 is 1.25 bits per heavy atom. The third-order valence-electron chi connectivity index (χ3n) is 4.88. The van der Waals surface area contributed by atoms with Gasteiger partial charge in [0.1, 0.15) is 12.1 Å². The fraction of sp³-hybridized carbons (Fsp3) is 0.867. The van der Waals surface area contributed by atoms with Crippen LogP contribution in [0, 0.1) is 5.41 Å². The first-order chi connectivity index (χ1) is 9.29. The minimum absolute atomic E-state index is 0.0470. The van der Waals surface area contributed by atoms with Crippen molar-refractivity contribution in [2.24, 2.45) is 5.41 Å². The number of carbonyl (C=O) groups is 2. The lowest BCUT2D eigenvalue weighted by atomic mass is 9.82. The predicted molar refractivity (Wildman–Crippen MR) is 74.0 cm³/mol. The molecule has 3 fully saturated rings. The Balaban J connectivity index is 1.87. The van der Waals surface area contributed by atoms with E-state index in [0.29, 0.717) is 0 Å². The van der Waals surface area contributed by atoms with Crippen LogP contribution in [0.1, 0.15) is 47.0 Å². The van der Waals surface area contributed by atoms with Crippen molar-refractivity contribution in [3.05, 3.63) is 0 Å². The number of carbonyl (C=O) groups excluding carboxylic acids is 2. The highest BCUT2D eigenvalue weighted by molar-refractivity contribution is 5.97. The van der Waals surface area contributed by atoms with Gasteiger partial charge in [0.05, 0.1) is 18.2 Å². The van der Waals surface area contributed by atoms with Crippen LogP contribution in [-0.4, -0.2) is 47.0 Å². The second-order valence-corrected chi connectivity index (χ2v) is 7.41. The number of nitrogens with one attached hydrogen (secondary N) is 1. The zero-order chi connectivity index (χ0) is 14.7. The summed E-state index contributed by atoms with van der Waals surface area (Å²) in [6.45, 7) is 7.78. The van der Waals surface area contributed by atoms with E-state index in [1.165, 1.54) is 0 Å². The van der Waals surface area contributed by atoms with Gasteiger partial charge >= 0.3 is 0 Å². The largest absolute Gasteiger partial charge is 0.373 e. The van der Waals surface area contributed by atoms with Crippen molar-refractivity contribution < 1.29 is 14.3 Å². The van der Waals surface area contributed by atoms with Crippen LogP contribution in [0.25, 0.3) is 0 Å². The van der Waals surface area contributed by atoms with E-state index in [-0.39, 0.29) is 35.5 Å². The molecule has 3 aliphatic rings. The number of piperazine rings is 1. The van der Waals surface area contributed by atoms with Gasteiger partial charge in [-0.3, -0.25) is 9.59 Å². The minimum Gasteiger partial charge on any atom is -0.373 e. The molecule has 0 aliphatic carbocycles. The number of fused-ring (bicyclic) bond motifs is 2. The van der Waals surface area contributed by atoms with E-state index in [4.69, 9.17) is 4.74 Å². The van der Waals surface area contributed by atoms with E-state index in [1.807, 2.05) is 27.7 Å². The first kappa shape index (κ1) is 13.9. The van der Waals surface area contributed by atoms with Crippen LogP contribution >= 0.6 is 0 Å². The van der Waals surface area contributed by atoms with E-state index in [9.17, 15) is 9.59 Å². The van der Waals surface area contributed by atoms with Crippen molar-refractivity contribution in [3.63, 3.8) is 0 Å². The Hall–Kier alpha value is -1.10. The number of hydrogen-bond donors (Lipinski definition) is 1. The van der Waals surface area contributed by atoms with Crippen molar-refractivity contribution in [1.82, 2.24) is 10.2 Å². The number of nitrogens with zero attached hydrogens (tertiary/aromatic N) is 1. The van der Waals surface area contributed by atoms with Crippen molar-refractivity contribution in [1.29, 1.82) is 0 Å². The van der Waals surface area contributed by atoms with Gasteiger partial charge in [0.15, 0.2) is 0 Å². The molecule has 112 valence electrons. The second-order valence-electron chi connectivity index (χ2n) is 7.41. The molecule has 0 aromatic rings. The molecular weight excluding hydrogens is 256 g/mol. The van der Waals surface area contributed by atoms with Gasteiger partial charge in [-0.05, 0) is 31.6 Å². The molecule has 20 heavy (non-hydrogen) atoms. The van der Waals surface area contributed by atoms with Crippen LogP contribution < -0.4 is 5.32 Å². The number of amides is 2. The van der Waals surface area contributed by atoms with Crippen LogP contribution in [0.15, 0.2) is 0 Å². The molecule has 0 saturated carbocycles. The SMILES string of the molecule is CC1C(=O)NC(C(C)(C)C)C(=O)N1C1CC2CCC1O2. The number of rotatable bonds is 1. The molecule has 0 radical (unpaired) electrons. The first-order valence-corrected chi connectivity index (χ1v) is 7.57. The molecule has 5 nitrogen and oxygen atoms in total.